The number of ether oxygens (including phenoxy) is 2. The van der Waals surface area contributed by atoms with Crippen molar-refractivity contribution in [1.82, 2.24) is 9.80 Å². The van der Waals surface area contributed by atoms with Gasteiger partial charge < -0.3 is 24.6 Å². The zero-order chi connectivity index (χ0) is 29.8. The van der Waals surface area contributed by atoms with Crippen LogP contribution < -0.4 is 10.1 Å². The van der Waals surface area contributed by atoms with Crippen LogP contribution >= 0.6 is 23.4 Å². The molecule has 0 bridgehead atoms. The molecule has 9 nitrogen and oxygen atoms in total. The number of esters is 1. The highest BCUT2D eigenvalue weighted by Crippen LogP contribution is 2.45. The Morgan fingerprint density at radius 2 is 1.81 bits per heavy atom. The van der Waals surface area contributed by atoms with E-state index in [0.717, 1.165) is 11.3 Å². The van der Waals surface area contributed by atoms with Crippen molar-refractivity contribution < 1.29 is 23.9 Å². The molecule has 0 aliphatic carbocycles. The maximum atomic E-state index is 13.9. The maximum absolute atomic E-state index is 13.9. The van der Waals surface area contributed by atoms with E-state index < -0.39 is 6.04 Å². The van der Waals surface area contributed by atoms with Crippen molar-refractivity contribution in [3.8, 4) is 5.75 Å². The summed E-state index contributed by atoms with van der Waals surface area (Å²) in [5.41, 5.74) is 3.19. The van der Waals surface area contributed by atoms with E-state index >= 15 is 0 Å². The molecule has 1 fully saturated rings. The number of nitrogens with zero attached hydrogens (tertiary/aromatic N) is 3. The molecule has 2 aromatic carbocycles. The summed E-state index contributed by atoms with van der Waals surface area (Å²) in [6.07, 6.45) is 1.30. The van der Waals surface area contributed by atoms with Crippen LogP contribution in [0.1, 0.15) is 44.7 Å². The minimum atomic E-state index is -0.534. The summed E-state index contributed by atoms with van der Waals surface area (Å²) >= 11 is 7.66. The number of allylic oxidation sites excluding steroid dienone is 1. The molecule has 1 N–H and O–H groups in total. The van der Waals surface area contributed by atoms with E-state index in [9.17, 15) is 14.4 Å². The van der Waals surface area contributed by atoms with Crippen molar-refractivity contribution in [1.29, 1.82) is 0 Å². The first-order valence-corrected chi connectivity index (χ1v) is 15.1. The quantitative estimate of drug-likeness (QED) is 0.381. The molecule has 0 aromatic heterocycles. The number of thioether (sulfide) groups is 1. The predicted octanol–water partition coefficient (Wildman–Crippen LogP) is 5.75. The van der Waals surface area contributed by atoms with Gasteiger partial charge in [0.1, 0.15) is 5.75 Å². The second kappa shape index (κ2) is 13.0. The zero-order valence-electron chi connectivity index (χ0n) is 23.8. The van der Waals surface area contributed by atoms with Gasteiger partial charge in [-0.25, -0.2) is 4.99 Å². The summed E-state index contributed by atoms with van der Waals surface area (Å²) in [5, 5.41) is 6.21. The number of halogens is 1. The number of hydrogen-bond donors (Lipinski definition) is 1. The van der Waals surface area contributed by atoms with Crippen LogP contribution in [-0.4, -0.2) is 59.6 Å². The van der Waals surface area contributed by atoms with Crippen LogP contribution in [0.3, 0.4) is 0 Å². The van der Waals surface area contributed by atoms with Crippen LogP contribution in [0.2, 0.25) is 5.02 Å². The molecule has 5 rings (SSSR count). The number of carbonyl (C=O) groups excluding carboxylic acids is 3. The number of carbonyl (C=O) groups is 3. The van der Waals surface area contributed by atoms with Crippen LogP contribution in [0.5, 0.6) is 5.75 Å². The lowest BCUT2D eigenvalue weighted by atomic mass is 9.93. The molecule has 0 saturated carbocycles. The summed E-state index contributed by atoms with van der Waals surface area (Å²) in [6.45, 7) is 4.96. The standard InChI is InChI=1S/C31H33ClN4O5S/c1-4-41-30(39)21-13-15-35(16-14-21)26(37)17-23-18-42-31-33-19(2)27(28(36(23)31)20-9-11-22(32)12-10-20)29(38)34-24-7-5-6-8-25(24)40-3/h5-12,18,21,28H,4,13-17H2,1-3H3,(H,34,38). The first-order chi connectivity index (χ1) is 20.3. The molecule has 11 heteroatoms. The van der Waals surface area contributed by atoms with Gasteiger partial charge in [-0.2, -0.15) is 0 Å². The number of methoxy groups -OCH3 is 1. The molecule has 2 aromatic rings. The predicted molar refractivity (Wildman–Crippen MR) is 164 cm³/mol. The molecular weight excluding hydrogens is 576 g/mol. The van der Waals surface area contributed by atoms with Gasteiger partial charge in [0.25, 0.3) is 5.91 Å². The largest absolute Gasteiger partial charge is 0.495 e. The Morgan fingerprint density at radius 3 is 2.50 bits per heavy atom. The molecule has 3 aliphatic rings. The van der Waals surface area contributed by atoms with E-state index in [-0.39, 0.29) is 30.1 Å². The molecule has 42 heavy (non-hydrogen) atoms. The molecule has 0 spiro atoms. The lowest BCUT2D eigenvalue weighted by molar-refractivity contribution is -0.151. The van der Waals surface area contributed by atoms with E-state index in [1.165, 1.54) is 11.8 Å². The number of benzene rings is 2. The number of piperidine rings is 1. The average molecular weight is 609 g/mol. The monoisotopic (exact) mass is 608 g/mol. The number of nitrogens with one attached hydrogen (secondary N) is 1. The minimum Gasteiger partial charge on any atom is -0.495 e. The Labute approximate surface area is 254 Å². The molecule has 1 atom stereocenters. The van der Waals surface area contributed by atoms with Gasteiger partial charge in [0, 0.05) is 23.8 Å². The summed E-state index contributed by atoms with van der Waals surface area (Å²) in [7, 11) is 1.55. The fourth-order valence-corrected chi connectivity index (χ4v) is 6.54. The Morgan fingerprint density at radius 1 is 1.10 bits per heavy atom. The first-order valence-electron chi connectivity index (χ1n) is 13.9. The van der Waals surface area contributed by atoms with Gasteiger partial charge in [-0.3, -0.25) is 14.4 Å². The molecule has 220 valence electrons. The number of anilines is 1. The average Bonchev–Trinajstić information content (AvgIpc) is 3.38. The Hall–Kier alpha value is -3.76. The van der Waals surface area contributed by atoms with Gasteiger partial charge in [0.05, 0.1) is 49.1 Å². The Balaban J connectivity index is 1.40. The highest BCUT2D eigenvalue weighted by molar-refractivity contribution is 8.16. The molecule has 1 saturated heterocycles. The van der Waals surface area contributed by atoms with Gasteiger partial charge in [-0.05, 0) is 61.9 Å². The summed E-state index contributed by atoms with van der Waals surface area (Å²) in [5.74, 6) is -0.180. The third-order valence-electron chi connectivity index (χ3n) is 7.59. The molecule has 0 radical (unpaired) electrons. The molecule has 2 amide bonds. The third kappa shape index (κ3) is 6.19. The van der Waals surface area contributed by atoms with Gasteiger partial charge in [-0.1, -0.05) is 47.6 Å². The number of amidine groups is 1. The second-order valence-electron chi connectivity index (χ2n) is 10.2. The number of fused-ring (bicyclic) bond motifs is 1. The third-order valence-corrected chi connectivity index (χ3v) is 8.73. The lowest BCUT2D eigenvalue weighted by Crippen LogP contribution is -2.42. The first kappa shape index (κ1) is 29.7. The van der Waals surface area contributed by atoms with Gasteiger partial charge in [-0.15, -0.1) is 0 Å². The lowest BCUT2D eigenvalue weighted by Gasteiger charge is -2.37. The van der Waals surface area contributed by atoms with Crippen LogP contribution in [0.4, 0.5) is 5.69 Å². The highest BCUT2D eigenvalue weighted by Gasteiger charge is 2.41. The Kier molecular flexibility index (Phi) is 9.23. The fourth-order valence-electron chi connectivity index (χ4n) is 5.45. The number of amides is 2. The van der Waals surface area contributed by atoms with Crippen LogP contribution in [0, 0.1) is 5.92 Å². The number of aliphatic imine (C=N–C) groups is 1. The van der Waals surface area contributed by atoms with E-state index in [1.807, 2.05) is 41.5 Å². The summed E-state index contributed by atoms with van der Waals surface area (Å²) < 4.78 is 10.6. The molecule has 3 heterocycles. The Bertz CT molecular complexity index is 1460. The van der Waals surface area contributed by atoms with Gasteiger partial charge in [0.15, 0.2) is 5.17 Å². The normalized spacial score (nSPS) is 18.7. The number of rotatable bonds is 8. The highest BCUT2D eigenvalue weighted by atomic mass is 35.5. The number of likely N-dealkylation sites (tertiary alicyclic amines) is 1. The van der Waals surface area contributed by atoms with Crippen molar-refractivity contribution in [2.45, 2.75) is 39.2 Å². The van der Waals surface area contributed by atoms with Crippen molar-refractivity contribution in [3.05, 3.63) is 81.5 Å². The van der Waals surface area contributed by atoms with Crippen molar-refractivity contribution in [2.24, 2.45) is 10.9 Å². The van der Waals surface area contributed by atoms with Crippen LogP contribution in [0.25, 0.3) is 0 Å². The van der Waals surface area contributed by atoms with E-state index in [1.54, 1.807) is 43.2 Å². The van der Waals surface area contributed by atoms with Gasteiger partial charge >= 0.3 is 5.97 Å². The van der Waals surface area contributed by atoms with Crippen LogP contribution in [-0.2, 0) is 19.1 Å². The van der Waals surface area contributed by atoms with Crippen LogP contribution in [0.15, 0.2) is 75.9 Å². The van der Waals surface area contributed by atoms with E-state index in [4.69, 9.17) is 26.1 Å². The van der Waals surface area contributed by atoms with E-state index in [0.29, 0.717) is 65.4 Å². The van der Waals surface area contributed by atoms with Crippen molar-refractivity contribution >= 4 is 52.0 Å². The summed E-state index contributed by atoms with van der Waals surface area (Å²) in [4.78, 5) is 48.1. The molecule has 3 aliphatic heterocycles. The second-order valence-corrected chi connectivity index (χ2v) is 11.5. The van der Waals surface area contributed by atoms with E-state index in [2.05, 4.69) is 5.32 Å². The topological polar surface area (TPSA) is 101 Å². The minimum absolute atomic E-state index is 0.0356. The smallest absolute Gasteiger partial charge is 0.309 e. The number of hydrogen-bond acceptors (Lipinski definition) is 8. The molecular formula is C31H33ClN4O5S. The zero-order valence-corrected chi connectivity index (χ0v) is 25.3. The van der Waals surface area contributed by atoms with Crippen molar-refractivity contribution in [2.75, 3.05) is 32.1 Å². The fraction of sp³-hybridized carbons (Fsp3) is 0.355. The SMILES string of the molecule is CCOC(=O)C1CCN(C(=O)CC2=CSC3=NC(C)=C(C(=O)Nc4ccccc4OC)C(c4ccc(Cl)cc4)N23)CC1. The van der Waals surface area contributed by atoms with Crippen molar-refractivity contribution in [3.63, 3.8) is 0 Å². The maximum Gasteiger partial charge on any atom is 0.309 e. The molecule has 1 unspecified atom stereocenters. The van der Waals surface area contributed by atoms with Gasteiger partial charge in [0.2, 0.25) is 5.91 Å². The summed E-state index contributed by atoms with van der Waals surface area (Å²) in [6, 6.07) is 14.1. The number of para-hydroxylation sites is 2.